The predicted octanol–water partition coefficient (Wildman–Crippen LogP) is 1.88. The normalized spacial score (nSPS) is 10.1. The molecule has 1 aromatic heterocycles. The molecule has 0 atom stereocenters. The van der Waals surface area contributed by atoms with E-state index in [1.54, 1.807) is 12.1 Å². The number of carbonyl (C=O) groups excluding carboxylic acids is 1. The molecule has 0 aliphatic heterocycles. The van der Waals surface area contributed by atoms with Crippen molar-refractivity contribution in [2.24, 2.45) is 0 Å². The van der Waals surface area contributed by atoms with E-state index in [1.165, 1.54) is 25.3 Å². The molecule has 2 rings (SSSR count). The van der Waals surface area contributed by atoms with Crippen molar-refractivity contribution in [3.8, 4) is 11.3 Å². The number of benzene rings is 1. The van der Waals surface area contributed by atoms with Crippen molar-refractivity contribution in [2.75, 3.05) is 0 Å². The van der Waals surface area contributed by atoms with Crippen LogP contribution in [0.2, 0.25) is 0 Å². The summed E-state index contributed by atoms with van der Waals surface area (Å²) in [7, 11) is 0. The van der Waals surface area contributed by atoms with Crippen LogP contribution in [0.15, 0.2) is 30.5 Å². The van der Waals surface area contributed by atoms with Crippen LogP contribution in [0.5, 0.6) is 0 Å². The van der Waals surface area contributed by atoms with E-state index in [4.69, 9.17) is 0 Å². The van der Waals surface area contributed by atoms with Crippen molar-refractivity contribution in [1.29, 1.82) is 0 Å². The highest BCUT2D eigenvalue weighted by atomic mass is 19.1. The first-order valence-corrected chi connectivity index (χ1v) is 4.63. The van der Waals surface area contributed by atoms with Crippen molar-refractivity contribution in [3.05, 3.63) is 42.1 Å². The van der Waals surface area contributed by atoms with Crippen molar-refractivity contribution in [3.63, 3.8) is 0 Å². The maximum atomic E-state index is 13.0. The second kappa shape index (κ2) is 4.14. The van der Waals surface area contributed by atoms with Crippen molar-refractivity contribution >= 4 is 5.78 Å². The van der Waals surface area contributed by atoms with Gasteiger partial charge in [-0.1, -0.05) is 12.1 Å². The molecule has 0 radical (unpaired) electrons. The molecule has 80 valence electrons. The molecule has 0 spiro atoms. The molecule has 0 saturated heterocycles. The lowest BCUT2D eigenvalue weighted by Gasteiger charge is -2.00. The molecule has 2 aromatic rings. The Labute approximate surface area is 91.2 Å². The average Bonchev–Trinajstić information content (AvgIpc) is 2.29. The first-order valence-electron chi connectivity index (χ1n) is 4.63. The van der Waals surface area contributed by atoms with Crippen molar-refractivity contribution in [2.45, 2.75) is 6.92 Å². The van der Waals surface area contributed by atoms with Crippen LogP contribution in [-0.4, -0.2) is 21.0 Å². The summed E-state index contributed by atoms with van der Waals surface area (Å²) in [5.41, 5.74) is 0.997. The third-order valence-electron chi connectivity index (χ3n) is 1.99. The van der Waals surface area contributed by atoms with Gasteiger partial charge in [0.05, 0.1) is 11.9 Å². The zero-order valence-corrected chi connectivity index (χ0v) is 8.51. The molecule has 0 N–H and O–H groups in total. The lowest BCUT2D eigenvalue weighted by atomic mass is 10.1. The predicted molar refractivity (Wildman–Crippen MR) is 55.2 cm³/mol. The molecule has 0 unspecified atom stereocenters. The number of hydrogen-bond acceptors (Lipinski definition) is 4. The summed E-state index contributed by atoms with van der Waals surface area (Å²) >= 11 is 0. The number of hydrogen-bond donors (Lipinski definition) is 0. The van der Waals surface area contributed by atoms with Gasteiger partial charge < -0.3 is 0 Å². The second-order valence-electron chi connectivity index (χ2n) is 3.23. The summed E-state index contributed by atoms with van der Waals surface area (Å²) in [6.45, 7) is 1.35. The zero-order chi connectivity index (χ0) is 11.5. The third-order valence-corrected chi connectivity index (χ3v) is 1.99. The molecule has 0 aliphatic carbocycles. The van der Waals surface area contributed by atoms with Crippen LogP contribution in [0.25, 0.3) is 11.3 Å². The largest absolute Gasteiger partial charge is 0.291 e. The second-order valence-corrected chi connectivity index (χ2v) is 3.23. The molecular weight excluding hydrogens is 209 g/mol. The fourth-order valence-electron chi connectivity index (χ4n) is 1.24. The van der Waals surface area contributed by atoms with E-state index < -0.39 is 0 Å². The molecule has 1 aromatic carbocycles. The van der Waals surface area contributed by atoms with Gasteiger partial charge in [0.25, 0.3) is 0 Å². The van der Waals surface area contributed by atoms with Crippen LogP contribution in [0.3, 0.4) is 0 Å². The third kappa shape index (κ3) is 2.08. The van der Waals surface area contributed by atoms with Gasteiger partial charge >= 0.3 is 0 Å². The molecule has 16 heavy (non-hydrogen) atoms. The van der Waals surface area contributed by atoms with Gasteiger partial charge in [-0.05, 0) is 12.1 Å². The smallest absolute Gasteiger partial charge is 0.218 e. The van der Waals surface area contributed by atoms with Crippen molar-refractivity contribution in [1.82, 2.24) is 15.2 Å². The minimum atomic E-state index is -0.361. The van der Waals surface area contributed by atoms with Gasteiger partial charge in [0.1, 0.15) is 5.82 Å². The van der Waals surface area contributed by atoms with Gasteiger partial charge in [0.2, 0.25) is 5.82 Å². The van der Waals surface area contributed by atoms with E-state index in [0.29, 0.717) is 11.3 Å². The quantitative estimate of drug-likeness (QED) is 0.720. The number of halogens is 1. The Kier molecular flexibility index (Phi) is 2.68. The molecule has 4 nitrogen and oxygen atoms in total. The van der Waals surface area contributed by atoms with Gasteiger partial charge in [-0.25, -0.2) is 9.37 Å². The number of rotatable bonds is 2. The SMILES string of the molecule is CC(=O)c1nncc(-c2cccc(F)c2)n1. The molecule has 0 fully saturated rings. The van der Waals surface area contributed by atoms with Crippen LogP contribution in [-0.2, 0) is 0 Å². The fraction of sp³-hybridized carbons (Fsp3) is 0.0909. The topological polar surface area (TPSA) is 55.7 Å². The van der Waals surface area contributed by atoms with E-state index in [2.05, 4.69) is 15.2 Å². The zero-order valence-electron chi connectivity index (χ0n) is 8.51. The highest BCUT2D eigenvalue weighted by molar-refractivity contribution is 5.90. The van der Waals surface area contributed by atoms with Crippen LogP contribution in [0.1, 0.15) is 17.5 Å². The monoisotopic (exact) mass is 217 g/mol. The van der Waals surface area contributed by atoms with Crippen LogP contribution in [0.4, 0.5) is 4.39 Å². The summed E-state index contributed by atoms with van der Waals surface area (Å²) in [6, 6.07) is 5.93. The highest BCUT2D eigenvalue weighted by Crippen LogP contribution is 2.16. The van der Waals surface area contributed by atoms with Crippen molar-refractivity contribution < 1.29 is 9.18 Å². The standard InChI is InChI=1S/C11H8FN3O/c1-7(16)11-14-10(6-13-15-11)8-3-2-4-9(12)5-8/h2-6H,1H3. The van der Waals surface area contributed by atoms with Gasteiger partial charge in [-0.2, -0.15) is 5.10 Å². The van der Waals surface area contributed by atoms with E-state index in [9.17, 15) is 9.18 Å². The van der Waals surface area contributed by atoms with E-state index in [1.807, 2.05) is 0 Å². The minimum Gasteiger partial charge on any atom is -0.291 e. The summed E-state index contributed by atoms with van der Waals surface area (Å²) in [5, 5.41) is 7.24. The van der Waals surface area contributed by atoms with Gasteiger partial charge in [-0.3, -0.25) is 4.79 Å². The molecular formula is C11H8FN3O. The van der Waals surface area contributed by atoms with E-state index in [-0.39, 0.29) is 17.4 Å². The van der Waals surface area contributed by atoms with E-state index in [0.717, 1.165) is 0 Å². The molecule has 0 saturated carbocycles. The lowest BCUT2D eigenvalue weighted by Crippen LogP contribution is -2.03. The van der Waals surface area contributed by atoms with Gasteiger partial charge in [0, 0.05) is 12.5 Å². The Bertz CT molecular complexity index is 542. The Hall–Kier alpha value is -2.17. The molecule has 0 bridgehead atoms. The number of carbonyl (C=O) groups is 1. The Morgan fingerprint density at radius 3 is 2.88 bits per heavy atom. The Morgan fingerprint density at radius 1 is 1.38 bits per heavy atom. The molecule has 1 heterocycles. The molecule has 0 aliphatic rings. The fourth-order valence-corrected chi connectivity index (χ4v) is 1.24. The summed E-state index contributed by atoms with van der Waals surface area (Å²) in [4.78, 5) is 15.1. The first-order chi connectivity index (χ1) is 7.66. The Morgan fingerprint density at radius 2 is 2.19 bits per heavy atom. The minimum absolute atomic E-state index is 0.0294. The molecule has 0 amide bonds. The van der Waals surface area contributed by atoms with Crippen LogP contribution < -0.4 is 0 Å². The summed E-state index contributed by atoms with van der Waals surface area (Å²) in [6.07, 6.45) is 1.39. The van der Waals surface area contributed by atoms with Crippen LogP contribution >= 0.6 is 0 Å². The maximum Gasteiger partial charge on any atom is 0.218 e. The number of aromatic nitrogens is 3. The highest BCUT2D eigenvalue weighted by Gasteiger charge is 2.07. The van der Waals surface area contributed by atoms with Gasteiger partial charge in [-0.15, -0.1) is 5.10 Å². The van der Waals surface area contributed by atoms with Crippen LogP contribution in [0, 0.1) is 5.82 Å². The number of ketones is 1. The Balaban J connectivity index is 2.48. The maximum absolute atomic E-state index is 13.0. The summed E-state index contributed by atoms with van der Waals surface area (Å²) in [5.74, 6) is -0.604. The average molecular weight is 217 g/mol. The summed E-state index contributed by atoms with van der Waals surface area (Å²) < 4.78 is 13.0. The first kappa shape index (κ1) is 10.4. The lowest BCUT2D eigenvalue weighted by molar-refractivity contribution is 0.100. The molecule has 5 heteroatoms. The number of nitrogens with zero attached hydrogens (tertiary/aromatic N) is 3. The van der Waals surface area contributed by atoms with Gasteiger partial charge in [0.15, 0.2) is 5.78 Å². The number of Topliss-reactive ketones (excluding diaryl/α,β-unsaturated/α-hetero) is 1. The van der Waals surface area contributed by atoms with E-state index >= 15 is 0 Å².